The van der Waals surface area contributed by atoms with Gasteiger partial charge in [-0.05, 0) is 23.1 Å². The number of hydrazone groups is 1. The van der Waals surface area contributed by atoms with Gasteiger partial charge >= 0.3 is 11.9 Å². The van der Waals surface area contributed by atoms with Crippen LogP contribution in [0.15, 0.2) is 29.5 Å². The average molecular weight is 338 g/mol. The molecule has 10 heteroatoms. The number of halogens is 1. The highest BCUT2D eigenvalue weighted by Crippen LogP contribution is 2.23. The van der Waals surface area contributed by atoms with Crippen LogP contribution in [0.4, 0.5) is 11.6 Å². The van der Waals surface area contributed by atoms with Crippen molar-refractivity contribution in [2.75, 3.05) is 12.5 Å². The smallest absolute Gasteiger partial charge is 0.434 e. The van der Waals surface area contributed by atoms with Gasteiger partial charge in [-0.1, -0.05) is 16.6 Å². The van der Waals surface area contributed by atoms with E-state index in [-0.39, 0.29) is 5.95 Å². The highest BCUT2D eigenvalue weighted by molar-refractivity contribution is 6.33. The number of esters is 1. The first-order valence-corrected chi connectivity index (χ1v) is 6.65. The summed E-state index contributed by atoms with van der Waals surface area (Å²) in [6.07, 6.45) is 2.66. The maximum absolute atomic E-state index is 11.5. The minimum Gasteiger partial charge on any atom is -0.465 e. The number of benzene rings is 1. The molecule has 9 nitrogen and oxygen atoms in total. The summed E-state index contributed by atoms with van der Waals surface area (Å²) in [5.74, 6) is -0.798. The van der Waals surface area contributed by atoms with Crippen molar-refractivity contribution in [3.63, 3.8) is 0 Å². The van der Waals surface area contributed by atoms with Crippen LogP contribution in [-0.4, -0.2) is 33.8 Å². The number of nitrogens with zero attached hydrogens (tertiary/aromatic N) is 4. The van der Waals surface area contributed by atoms with Crippen molar-refractivity contribution in [2.24, 2.45) is 12.1 Å². The van der Waals surface area contributed by atoms with Crippen LogP contribution in [0.1, 0.15) is 16.1 Å². The van der Waals surface area contributed by atoms with Crippen LogP contribution in [0.2, 0.25) is 5.02 Å². The van der Waals surface area contributed by atoms with E-state index < -0.39 is 10.9 Å². The number of aromatic nitrogens is 2. The van der Waals surface area contributed by atoms with E-state index in [0.29, 0.717) is 22.0 Å². The number of rotatable bonds is 5. The van der Waals surface area contributed by atoms with Gasteiger partial charge in [0.25, 0.3) is 0 Å². The second-order valence-corrected chi connectivity index (χ2v) is 4.76. The molecule has 0 fully saturated rings. The summed E-state index contributed by atoms with van der Waals surface area (Å²) in [6, 6.07) is 4.53. The minimum atomic E-state index is -0.596. The third kappa shape index (κ3) is 3.64. The van der Waals surface area contributed by atoms with Crippen molar-refractivity contribution < 1.29 is 14.5 Å². The first-order valence-electron chi connectivity index (χ1n) is 6.27. The molecule has 0 aliphatic rings. The van der Waals surface area contributed by atoms with Gasteiger partial charge in [-0.15, -0.1) is 0 Å². The summed E-state index contributed by atoms with van der Waals surface area (Å²) in [7, 11) is 2.77. The normalized spacial score (nSPS) is 10.7. The van der Waals surface area contributed by atoms with E-state index >= 15 is 0 Å². The van der Waals surface area contributed by atoms with Crippen molar-refractivity contribution in [3.05, 3.63) is 50.8 Å². The Kier molecular flexibility index (Phi) is 4.91. The fourth-order valence-electron chi connectivity index (χ4n) is 1.73. The molecule has 2 aromatic rings. The Labute approximate surface area is 135 Å². The summed E-state index contributed by atoms with van der Waals surface area (Å²) in [6.45, 7) is 0. The fourth-order valence-corrected chi connectivity index (χ4v) is 1.89. The van der Waals surface area contributed by atoms with Crippen LogP contribution < -0.4 is 5.43 Å². The monoisotopic (exact) mass is 337 g/mol. The van der Waals surface area contributed by atoms with Gasteiger partial charge in [0.2, 0.25) is 0 Å². The third-order valence-electron chi connectivity index (χ3n) is 2.93. The van der Waals surface area contributed by atoms with Crippen LogP contribution in [0.3, 0.4) is 0 Å². The molecule has 0 saturated heterocycles. The Bertz CT molecular complexity index is 787. The van der Waals surface area contributed by atoms with Gasteiger partial charge in [0.05, 0.1) is 36.6 Å². The molecule has 0 bridgehead atoms. The van der Waals surface area contributed by atoms with E-state index in [1.54, 1.807) is 0 Å². The highest BCUT2D eigenvalue weighted by Gasteiger charge is 2.15. The molecule has 120 valence electrons. The van der Waals surface area contributed by atoms with Gasteiger partial charge < -0.3 is 14.9 Å². The molecule has 1 N–H and O–H groups in total. The Morgan fingerprint density at radius 2 is 2.30 bits per heavy atom. The summed E-state index contributed by atoms with van der Waals surface area (Å²) in [5.41, 5.74) is 3.79. The molecule has 23 heavy (non-hydrogen) atoms. The van der Waals surface area contributed by atoms with Gasteiger partial charge in [-0.25, -0.2) is 9.36 Å². The number of nitro groups is 1. The molecule has 1 aromatic carbocycles. The number of ether oxygens (including phenoxy) is 1. The van der Waals surface area contributed by atoms with Gasteiger partial charge in [0.1, 0.15) is 6.20 Å². The lowest BCUT2D eigenvalue weighted by Crippen LogP contribution is -2.03. The molecule has 0 saturated carbocycles. The molecule has 0 unspecified atom stereocenters. The van der Waals surface area contributed by atoms with E-state index in [9.17, 15) is 14.9 Å². The van der Waals surface area contributed by atoms with Crippen LogP contribution >= 0.6 is 11.6 Å². The predicted molar refractivity (Wildman–Crippen MR) is 83.9 cm³/mol. The Morgan fingerprint density at radius 3 is 2.91 bits per heavy atom. The Hall–Kier alpha value is -2.94. The van der Waals surface area contributed by atoms with E-state index in [1.165, 1.54) is 49.3 Å². The Balaban J connectivity index is 2.17. The zero-order valence-corrected chi connectivity index (χ0v) is 12.9. The molecule has 0 amide bonds. The predicted octanol–water partition coefficient (Wildman–Crippen LogP) is 2.21. The maximum atomic E-state index is 11.5. The summed E-state index contributed by atoms with van der Waals surface area (Å²) < 4.78 is 5.90. The molecule has 0 atom stereocenters. The summed E-state index contributed by atoms with van der Waals surface area (Å²) in [5, 5.41) is 15.0. The van der Waals surface area contributed by atoms with Crippen LogP contribution in [-0.2, 0) is 11.8 Å². The van der Waals surface area contributed by atoms with E-state index in [1.807, 2.05) is 0 Å². The van der Waals surface area contributed by atoms with Gasteiger partial charge in [-0.3, -0.25) is 5.43 Å². The number of carbonyl (C=O) groups is 1. The van der Waals surface area contributed by atoms with Gasteiger partial charge in [-0.2, -0.15) is 5.10 Å². The van der Waals surface area contributed by atoms with Crippen LogP contribution in [0, 0.1) is 10.1 Å². The average Bonchev–Trinajstić information content (AvgIpc) is 2.89. The van der Waals surface area contributed by atoms with E-state index in [4.69, 9.17) is 11.6 Å². The van der Waals surface area contributed by atoms with E-state index in [2.05, 4.69) is 20.2 Å². The van der Waals surface area contributed by atoms with Crippen molar-refractivity contribution in [1.82, 2.24) is 9.55 Å². The molecule has 0 aliphatic carbocycles. The number of anilines is 1. The second kappa shape index (κ2) is 6.88. The highest BCUT2D eigenvalue weighted by atomic mass is 35.5. The number of nitrogens with one attached hydrogen (secondary N) is 1. The number of imidazole rings is 1. The largest absolute Gasteiger partial charge is 0.465 e. The standard InChI is InChI=1S/C13H12ClN5O4/c1-18-9(6-15-13(18)19(21)22)7-16-17-11-5-8(12(20)23-2)3-4-10(11)14/h3-7,17H,1-2H3/b16-7+. The van der Waals surface area contributed by atoms with Gasteiger partial charge in [0.15, 0.2) is 5.69 Å². The van der Waals surface area contributed by atoms with Gasteiger partial charge in [0, 0.05) is 0 Å². The van der Waals surface area contributed by atoms with Crippen molar-refractivity contribution >= 4 is 35.4 Å². The molecule has 1 aromatic heterocycles. The second-order valence-electron chi connectivity index (χ2n) is 4.36. The summed E-state index contributed by atoms with van der Waals surface area (Å²) in [4.78, 5) is 25.3. The lowest BCUT2D eigenvalue weighted by molar-refractivity contribution is -0.396. The molecule has 1 heterocycles. The van der Waals surface area contributed by atoms with E-state index in [0.717, 1.165) is 0 Å². The van der Waals surface area contributed by atoms with Crippen LogP contribution in [0.5, 0.6) is 0 Å². The Morgan fingerprint density at radius 1 is 1.57 bits per heavy atom. The molecule has 0 spiro atoms. The lowest BCUT2D eigenvalue weighted by Gasteiger charge is -2.05. The maximum Gasteiger partial charge on any atom is 0.434 e. The lowest BCUT2D eigenvalue weighted by atomic mass is 10.2. The third-order valence-corrected chi connectivity index (χ3v) is 3.26. The number of carbonyl (C=O) groups excluding carboxylic acids is 1. The molecular formula is C13H12ClN5O4. The topological polar surface area (TPSA) is 112 Å². The number of hydrogen-bond donors (Lipinski definition) is 1. The van der Waals surface area contributed by atoms with Crippen molar-refractivity contribution in [3.8, 4) is 0 Å². The first kappa shape index (κ1) is 16.4. The quantitative estimate of drug-likeness (QED) is 0.387. The number of hydrogen-bond acceptors (Lipinski definition) is 7. The first-order chi connectivity index (χ1) is 10.9. The number of methoxy groups -OCH3 is 1. The SMILES string of the molecule is COC(=O)c1ccc(Cl)c(N/N=C/c2cnc([N+](=O)[O-])n2C)c1. The molecule has 0 radical (unpaired) electrons. The molecule has 2 rings (SSSR count). The van der Waals surface area contributed by atoms with Crippen LogP contribution in [0.25, 0.3) is 0 Å². The zero-order valence-electron chi connectivity index (χ0n) is 12.2. The summed E-state index contributed by atoms with van der Waals surface area (Å²) >= 11 is 6.01. The van der Waals surface area contributed by atoms with Crippen molar-refractivity contribution in [1.29, 1.82) is 0 Å². The van der Waals surface area contributed by atoms with Crippen molar-refractivity contribution in [2.45, 2.75) is 0 Å². The molecular weight excluding hydrogens is 326 g/mol. The zero-order chi connectivity index (χ0) is 17.0. The molecule has 0 aliphatic heterocycles. The minimum absolute atomic E-state index is 0.294. The fraction of sp³-hybridized carbons (Fsp3) is 0.154.